The summed E-state index contributed by atoms with van der Waals surface area (Å²) in [5.41, 5.74) is 0. The van der Waals surface area contributed by atoms with Crippen molar-refractivity contribution in [2.24, 2.45) is 0 Å². The standard InChI is InChI=1S/C7H4BrF2NO2S/c8-4-2-1-3-11-5(4)14-7(9,10)6(12)13/h1-3H,(H,12,13). The molecule has 1 aromatic heterocycles. The average Bonchev–Trinajstić information content (AvgIpc) is 2.08. The maximum atomic E-state index is 12.7. The first-order valence-corrected chi connectivity index (χ1v) is 4.95. The second-order valence-electron chi connectivity index (χ2n) is 2.21. The Morgan fingerprint density at radius 3 is 2.79 bits per heavy atom. The molecule has 0 atom stereocenters. The Labute approximate surface area is 90.7 Å². The zero-order valence-electron chi connectivity index (χ0n) is 6.58. The third kappa shape index (κ3) is 2.65. The second kappa shape index (κ2) is 4.22. The summed E-state index contributed by atoms with van der Waals surface area (Å²) in [4.78, 5) is 13.7. The molecule has 0 amide bonds. The molecule has 0 radical (unpaired) electrons. The monoisotopic (exact) mass is 283 g/mol. The number of carbonyl (C=O) groups is 1. The summed E-state index contributed by atoms with van der Waals surface area (Å²) in [6.45, 7) is 0. The molecular weight excluding hydrogens is 280 g/mol. The van der Waals surface area contributed by atoms with E-state index in [9.17, 15) is 13.6 Å². The molecule has 0 saturated carbocycles. The minimum atomic E-state index is -3.86. The molecule has 0 aliphatic rings. The molecule has 0 bridgehead atoms. The van der Waals surface area contributed by atoms with Crippen LogP contribution in [0.2, 0.25) is 0 Å². The van der Waals surface area contributed by atoms with E-state index in [4.69, 9.17) is 5.11 Å². The fourth-order valence-corrected chi connectivity index (χ4v) is 1.72. The van der Waals surface area contributed by atoms with E-state index in [-0.39, 0.29) is 16.8 Å². The summed E-state index contributed by atoms with van der Waals surface area (Å²) in [5, 5.41) is 4.26. The SMILES string of the molecule is O=C(O)C(F)(F)Sc1ncccc1Br. The maximum Gasteiger partial charge on any atom is 0.394 e. The quantitative estimate of drug-likeness (QED) is 0.867. The normalized spacial score (nSPS) is 11.4. The van der Waals surface area contributed by atoms with Crippen LogP contribution in [0.4, 0.5) is 8.78 Å². The third-order valence-electron chi connectivity index (χ3n) is 1.20. The van der Waals surface area contributed by atoms with Crippen molar-refractivity contribution >= 4 is 33.7 Å². The van der Waals surface area contributed by atoms with Crippen LogP contribution in [0.3, 0.4) is 0 Å². The molecule has 0 unspecified atom stereocenters. The lowest BCUT2D eigenvalue weighted by Gasteiger charge is -2.09. The molecule has 0 spiro atoms. The van der Waals surface area contributed by atoms with E-state index < -0.39 is 11.2 Å². The van der Waals surface area contributed by atoms with Gasteiger partial charge < -0.3 is 5.11 Å². The summed E-state index contributed by atoms with van der Waals surface area (Å²) < 4.78 is 25.8. The van der Waals surface area contributed by atoms with Crippen molar-refractivity contribution in [3.8, 4) is 0 Å². The molecule has 1 aromatic rings. The molecule has 1 N–H and O–H groups in total. The fraction of sp³-hybridized carbons (Fsp3) is 0.143. The second-order valence-corrected chi connectivity index (χ2v) is 4.17. The number of carboxylic acid groups (broad SMARTS) is 1. The van der Waals surface area contributed by atoms with E-state index in [0.29, 0.717) is 4.47 Å². The van der Waals surface area contributed by atoms with Gasteiger partial charge in [0.2, 0.25) is 0 Å². The molecule has 1 rings (SSSR count). The van der Waals surface area contributed by atoms with Crippen LogP contribution in [0.5, 0.6) is 0 Å². The van der Waals surface area contributed by atoms with Gasteiger partial charge in [0.1, 0.15) is 5.03 Å². The van der Waals surface area contributed by atoms with Crippen LogP contribution in [0.25, 0.3) is 0 Å². The molecule has 76 valence electrons. The first-order chi connectivity index (χ1) is 6.43. The highest BCUT2D eigenvalue weighted by Crippen LogP contribution is 2.37. The molecule has 0 fully saturated rings. The molecule has 0 aliphatic carbocycles. The number of thioether (sulfide) groups is 1. The van der Waals surface area contributed by atoms with Gasteiger partial charge >= 0.3 is 11.2 Å². The van der Waals surface area contributed by atoms with Gasteiger partial charge in [-0.1, -0.05) is 0 Å². The Hall–Kier alpha value is -0.690. The summed E-state index contributed by atoms with van der Waals surface area (Å²) in [5.74, 6) is -2.18. The Kier molecular flexibility index (Phi) is 3.43. The number of nitrogens with zero attached hydrogens (tertiary/aromatic N) is 1. The van der Waals surface area contributed by atoms with Gasteiger partial charge in [-0.15, -0.1) is 0 Å². The number of halogens is 3. The van der Waals surface area contributed by atoms with Gasteiger partial charge in [-0.25, -0.2) is 9.78 Å². The topological polar surface area (TPSA) is 50.2 Å². The summed E-state index contributed by atoms with van der Waals surface area (Å²) in [6, 6.07) is 3.06. The van der Waals surface area contributed by atoms with E-state index in [2.05, 4.69) is 20.9 Å². The number of alkyl halides is 2. The van der Waals surface area contributed by atoms with Crippen LogP contribution >= 0.6 is 27.7 Å². The molecule has 7 heteroatoms. The van der Waals surface area contributed by atoms with Gasteiger partial charge in [0.05, 0.1) is 4.47 Å². The molecule has 3 nitrogen and oxygen atoms in total. The lowest BCUT2D eigenvalue weighted by Crippen LogP contribution is -2.23. The van der Waals surface area contributed by atoms with Crippen LogP contribution in [-0.4, -0.2) is 21.3 Å². The van der Waals surface area contributed by atoms with Crippen LogP contribution in [0.15, 0.2) is 27.8 Å². The number of rotatable bonds is 3. The number of aliphatic carboxylic acids is 1. The molecule has 0 aliphatic heterocycles. The molecule has 1 heterocycles. The van der Waals surface area contributed by atoms with Crippen LogP contribution in [0.1, 0.15) is 0 Å². The highest BCUT2D eigenvalue weighted by atomic mass is 79.9. The first kappa shape index (κ1) is 11.4. The fourth-order valence-electron chi connectivity index (χ4n) is 0.611. The Morgan fingerprint density at radius 2 is 2.29 bits per heavy atom. The maximum absolute atomic E-state index is 12.7. The van der Waals surface area contributed by atoms with E-state index in [1.807, 2.05) is 0 Å². The summed E-state index contributed by atoms with van der Waals surface area (Å²) >= 11 is 2.88. The highest BCUT2D eigenvalue weighted by Gasteiger charge is 2.41. The van der Waals surface area contributed by atoms with Gasteiger partial charge in [0.15, 0.2) is 0 Å². The van der Waals surface area contributed by atoms with Gasteiger partial charge in [-0.05, 0) is 39.8 Å². The molecular formula is C7H4BrF2NO2S. The average molecular weight is 284 g/mol. The van der Waals surface area contributed by atoms with Crippen molar-refractivity contribution in [2.45, 2.75) is 10.3 Å². The van der Waals surface area contributed by atoms with Crippen molar-refractivity contribution in [1.82, 2.24) is 4.98 Å². The smallest absolute Gasteiger partial charge is 0.394 e. The number of pyridine rings is 1. The van der Waals surface area contributed by atoms with E-state index in [0.717, 1.165) is 0 Å². The number of hydrogen-bond donors (Lipinski definition) is 1. The largest absolute Gasteiger partial charge is 0.476 e. The van der Waals surface area contributed by atoms with Crippen molar-refractivity contribution in [2.75, 3.05) is 0 Å². The zero-order chi connectivity index (χ0) is 10.8. The Morgan fingerprint density at radius 1 is 1.64 bits per heavy atom. The predicted molar refractivity (Wildman–Crippen MR) is 50.4 cm³/mol. The zero-order valence-corrected chi connectivity index (χ0v) is 8.98. The van der Waals surface area contributed by atoms with Crippen molar-refractivity contribution in [3.63, 3.8) is 0 Å². The lowest BCUT2D eigenvalue weighted by atomic mass is 10.5. The molecule has 0 aromatic carbocycles. The van der Waals surface area contributed by atoms with E-state index >= 15 is 0 Å². The van der Waals surface area contributed by atoms with Crippen molar-refractivity contribution in [3.05, 3.63) is 22.8 Å². The van der Waals surface area contributed by atoms with Crippen molar-refractivity contribution < 1.29 is 18.7 Å². The van der Waals surface area contributed by atoms with Gasteiger partial charge in [0, 0.05) is 6.20 Å². The molecule has 0 saturated heterocycles. The van der Waals surface area contributed by atoms with Crippen molar-refractivity contribution in [1.29, 1.82) is 0 Å². The van der Waals surface area contributed by atoms with E-state index in [1.165, 1.54) is 12.3 Å². The van der Waals surface area contributed by atoms with Crippen LogP contribution < -0.4 is 0 Å². The minimum Gasteiger partial charge on any atom is -0.476 e. The third-order valence-corrected chi connectivity index (χ3v) is 3.05. The van der Waals surface area contributed by atoms with Gasteiger partial charge in [-0.3, -0.25) is 0 Å². The first-order valence-electron chi connectivity index (χ1n) is 3.34. The highest BCUT2D eigenvalue weighted by molar-refractivity contribution is 9.10. The van der Waals surface area contributed by atoms with Gasteiger partial charge in [-0.2, -0.15) is 8.78 Å². The number of aromatic nitrogens is 1. The van der Waals surface area contributed by atoms with Crippen LogP contribution in [-0.2, 0) is 4.79 Å². The Bertz CT molecular complexity index is 361. The van der Waals surface area contributed by atoms with E-state index in [1.54, 1.807) is 6.07 Å². The number of carboxylic acids is 1. The lowest BCUT2D eigenvalue weighted by molar-refractivity contribution is -0.152. The minimum absolute atomic E-state index is 0.0556. The predicted octanol–water partition coefficient (Wildman–Crippen LogP) is 2.61. The summed E-state index contributed by atoms with van der Waals surface area (Å²) in [6.07, 6.45) is 1.31. The summed E-state index contributed by atoms with van der Waals surface area (Å²) in [7, 11) is 0. The number of hydrogen-bond acceptors (Lipinski definition) is 3. The molecule has 14 heavy (non-hydrogen) atoms. The van der Waals surface area contributed by atoms with Gasteiger partial charge in [0.25, 0.3) is 0 Å². The Balaban J connectivity index is 2.89. The van der Waals surface area contributed by atoms with Crippen LogP contribution in [0, 0.1) is 0 Å².